The van der Waals surface area contributed by atoms with Crippen LogP contribution in [0.25, 0.3) is 0 Å². The topological polar surface area (TPSA) is 72.2 Å². The number of sulfonamides is 1. The lowest BCUT2D eigenvalue weighted by Gasteiger charge is -2.07. The van der Waals surface area contributed by atoms with E-state index in [9.17, 15) is 8.42 Å². The number of para-hydroxylation sites is 1. The molecular formula is C11H16N2O2S. The number of rotatable bonds is 5. The summed E-state index contributed by atoms with van der Waals surface area (Å²) in [5.41, 5.74) is 7.17. The first kappa shape index (κ1) is 11.4. The number of anilines is 1. The molecule has 2 rings (SSSR count). The summed E-state index contributed by atoms with van der Waals surface area (Å²) in [7, 11) is -3.14. The van der Waals surface area contributed by atoms with Gasteiger partial charge >= 0.3 is 0 Å². The van der Waals surface area contributed by atoms with Crippen LogP contribution in [0.2, 0.25) is 0 Å². The van der Waals surface area contributed by atoms with Crippen molar-refractivity contribution in [2.45, 2.75) is 19.4 Å². The Morgan fingerprint density at radius 1 is 1.31 bits per heavy atom. The van der Waals surface area contributed by atoms with E-state index >= 15 is 0 Å². The molecule has 0 unspecified atom stereocenters. The highest BCUT2D eigenvalue weighted by Crippen LogP contribution is 2.30. The van der Waals surface area contributed by atoms with Crippen LogP contribution >= 0.6 is 0 Å². The van der Waals surface area contributed by atoms with Gasteiger partial charge in [0.1, 0.15) is 0 Å². The van der Waals surface area contributed by atoms with Gasteiger partial charge in [0.25, 0.3) is 0 Å². The number of hydrogen-bond acceptors (Lipinski definition) is 3. The molecule has 1 aliphatic carbocycles. The molecule has 1 fully saturated rings. The van der Waals surface area contributed by atoms with E-state index in [1.54, 1.807) is 6.07 Å². The van der Waals surface area contributed by atoms with Gasteiger partial charge in [0.2, 0.25) is 10.0 Å². The van der Waals surface area contributed by atoms with Crippen LogP contribution in [0.4, 0.5) is 5.69 Å². The molecule has 0 heterocycles. The van der Waals surface area contributed by atoms with Gasteiger partial charge in [-0.05, 0) is 30.4 Å². The maximum Gasteiger partial charge on any atom is 0.212 e. The third kappa shape index (κ3) is 3.21. The van der Waals surface area contributed by atoms with Gasteiger partial charge in [0.05, 0.1) is 5.75 Å². The highest BCUT2D eigenvalue weighted by atomic mass is 32.2. The fourth-order valence-corrected chi connectivity index (χ4v) is 2.98. The van der Waals surface area contributed by atoms with Gasteiger partial charge in [-0.3, -0.25) is 0 Å². The highest BCUT2D eigenvalue weighted by molar-refractivity contribution is 7.89. The van der Waals surface area contributed by atoms with E-state index in [0.29, 0.717) is 11.6 Å². The number of nitrogen functional groups attached to an aromatic ring is 1. The molecule has 5 heteroatoms. The number of nitrogens with one attached hydrogen (secondary N) is 1. The zero-order valence-corrected chi connectivity index (χ0v) is 9.83. The van der Waals surface area contributed by atoms with E-state index in [1.165, 1.54) is 0 Å². The van der Waals surface area contributed by atoms with E-state index in [4.69, 9.17) is 5.73 Å². The molecule has 88 valence electrons. The number of nitrogens with two attached hydrogens (primary N) is 1. The first-order valence-corrected chi connectivity index (χ1v) is 7.03. The molecule has 0 amide bonds. The lowest BCUT2D eigenvalue weighted by Crippen LogP contribution is -2.27. The second-order valence-electron chi connectivity index (χ2n) is 4.24. The van der Waals surface area contributed by atoms with E-state index in [0.717, 1.165) is 18.4 Å². The van der Waals surface area contributed by atoms with Crippen LogP contribution in [0.15, 0.2) is 24.3 Å². The van der Waals surface area contributed by atoms with Gasteiger partial charge in [-0.1, -0.05) is 18.2 Å². The minimum Gasteiger partial charge on any atom is -0.398 e. The molecule has 16 heavy (non-hydrogen) atoms. The highest BCUT2D eigenvalue weighted by Gasteiger charge is 2.27. The Hall–Kier alpha value is -1.07. The van der Waals surface area contributed by atoms with Crippen LogP contribution in [0.5, 0.6) is 0 Å². The van der Waals surface area contributed by atoms with Gasteiger partial charge in [-0.15, -0.1) is 0 Å². The minimum absolute atomic E-state index is 0.250. The molecule has 0 aromatic heterocycles. The van der Waals surface area contributed by atoms with Gasteiger partial charge in [0, 0.05) is 12.2 Å². The predicted octanol–water partition coefficient (Wildman–Crippen LogP) is 1.10. The van der Waals surface area contributed by atoms with Crippen LogP contribution in [0.3, 0.4) is 0 Å². The van der Waals surface area contributed by atoms with Crippen LogP contribution in [0.1, 0.15) is 18.4 Å². The standard InChI is InChI=1S/C11H16N2O2S/c12-11-4-2-1-3-10(11)7-13-16(14,15)8-9-5-6-9/h1-4,9,13H,5-8,12H2. The fraction of sp³-hybridized carbons (Fsp3) is 0.455. The molecule has 0 saturated heterocycles. The van der Waals surface area contributed by atoms with E-state index in [1.807, 2.05) is 18.2 Å². The van der Waals surface area contributed by atoms with Crippen molar-refractivity contribution in [3.8, 4) is 0 Å². The quantitative estimate of drug-likeness (QED) is 0.757. The second-order valence-corrected chi connectivity index (χ2v) is 6.10. The van der Waals surface area contributed by atoms with Crippen molar-refractivity contribution < 1.29 is 8.42 Å². The Bertz CT molecular complexity index is 467. The third-order valence-corrected chi connectivity index (χ3v) is 4.18. The normalized spacial score (nSPS) is 16.2. The molecule has 0 atom stereocenters. The maximum absolute atomic E-state index is 11.6. The summed E-state index contributed by atoms with van der Waals surface area (Å²) < 4.78 is 25.8. The monoisotopic (exact) mass is 240 g/mol. The van der Waals surface area contributed by atoms with Gasteiger partial charge < -0.3 is 5.73 Å². The van der Waals surface area contributed by atoms with Crippen LogP contribution in [0, 0.1) is 5.92 Å². The summed E-state index contributed by atoms with van der Waals surface area (Å²) in [6, 6.07) is 7.28. The van der Waals surface area contributed by atoms with Gasteiger partial charge in [-0.25, -0.2) is 13.1 Å². The average molecular weight is 240 g/mol. The lowest BCUT2D eigenvalue weighted by molar-refractivity contribution is 0.577. The van der Waals surface area contributed by atoms with E-state index in [-0.39, 0.29) is 12.3 Å². The van der Waals surface area contributed by atoms with Crippen molar-refractivity contribution in [1.82, 2.24) is 4.72 Å². The Labute approximate surface area is 95.9 Å². The summed E-state index contributed by atoms with van der Waals surface area (Å²) in [6.07, 6.45) is 2.07. The van der Waals surface area contributed by atoms with Gasteiger partial charge in [-0.2, -0.15) is 0 Å². The zero-order chi connectivity index (χ0) is 11.6. The average Bonchev–Trinajstić information content (AvgIpc) is 3.00. The van der Waals surface area contributed by atoms with E-state index in [2.05, 4.69) is 4.72 Å². The summed E-state index contributed by atoms with van der Waals surface area (Å²) in [5, 5.41) is 0. The predicted molar refractivity (Wildman–Crippen MR) is 64.2 cm³/mol. The van der Waals surface area contributed by atoms with Crippen LogP contribution in [-0.4, -0.2) is 14.2 Å². The van der Waals surface area contributed by atoms with Crippen molar-refractivity contribution in [2.75, 3.05) is 11.5 Å². The van der Waals surface area contributed by atoms with Crippen molar-refractivity contribution in [3.63, 3.8) is 0 Å². The molecule has 1 aromatic carbocycles. The van der Waals surface area contributed by atoms with E-state index < -0.39 is 10.0 Å². The fourth-order valence-electron chi connectivity index (χ4n) is 1.54. The molecule has 0 spiro atoms. The Morgan fingerprint density at radius 3 is 2.62 bits per heavy atom. The molecule has 4 nitrogen and oxygen atoms in total. The van der Waals surface area contributed by atoms with Crippen molar-refractivity contribution in [1.29, 1.82) is 0 Å². The van der Waals surface area contributed by atoms with Gasteiger partial charge in [0.15, 0.2) is 0 Å². The molecule has 0 bridgehead atoms. The minimum atomic E-state index is -3.14. The molecule has 1 saturated carbocycles. The number of hydrogen-bond donors (Lipinski definition) is 2. The first-order chi connectivity index (χ1) is 7.57. The lowest BCUT2D eigenvalue weighted by atomic mass is 10.2. The number of benzene rings is 1. The van der Waals surface area contributed by atoms with Crippen molar-refractivity contribution in [3.05, 3.63) is 29.8 Å². The first-order valence-electron chi connectivity index (χ1n) is 5.37. The SMILES string of the molecule is Nc1ccccc1CNS(=O)(=O)CC1CC1. The summed E-state index contributed by atoms with van der Waals surface area (Å²) in [5.74, 6) is 0.616. The Balaban J connectivity index is 1.93. The Kier molecular flexibility index (Phi) is 3.16. The summed E-state index contributed by atoms with van der Waals surface area (Å²) >= 11 is 0. The largest absolute Gasteiger partial charge is 0.398 e. The maximum atomic E-state index is 11.6. The summed E-state index contributed by atoms with van der Waals surface area (Å²) in [6.45, 7) is 0.279. The third-order valence-electron chi connectivity index (χ3n) is 2.69. The van der Waals surface area contributed by atoms with Crippen molar-refractivity contribution in [2.24, 2.45) is 5.92 Å². The van der Waals surface area contributed by atoms with Crippen molar-refractivity contribution >= 4 is 15.7 Å². The summed E-state index contributed by atoms with van der Waals surface area (Å²) in [4.78, 5) is 0. The molecule has 1 aliphatic rings. The Morgan fingerprint density at radius 2 is 2.00 bits per heavy atom. The zero-order valence-electron chi connectivity index (χ0n) is 9.02. The van der Waals surface area contributed by atoms with Crippen LogP contribution in [-0.2, 0) is 16.6 Å². The second kappa shape index (κ2) is 4.43. The van der Waals surface area contributed by atoms with Crippen LogP contribution < -0.4 is 10.5 Å². The molecular weight excluding hydrogens is 224 g/mol. The molecule has 0 radical (unpaired) electrons. The molecule has 3 N–H and O–H groups in total. The molecule has 1 aromatic rings. The smallest absolute Gasteiger partial charge is 0.212 e. The molecule has 0 aliphatic heterocycles.